The van der Waals surface area contributed by atoms with Gasteiger partial charge in [-0.15, -0.1) is 23.7 Å². The van der Waals surface area contributed by atoms with Crippen molar-refractivity contribution in [3.8, 4) is 0 Å². The van der Waals surface area contributed by atoms with Crippen LogP contribution < -0.4 is 5.73 Å². The molecule has 1 atom stereocenters. The van der Waals surface area contributed by atoms with Gasteiger partial charge in [-0.2, -0.15) is 0 Å². The third-order valence-corrected chi connectivity index (χ3v) is 4.50. The molecule has 1 unspecified atom stereocenters. The second-order valence-corrected chi connectivity index (χ2v) is 6.14. The number of thiazole rings is 1. The molecular formula is C13H25ClN4OS. The number of ether oxygens (including phenoxy) is 1. The van der Waals surface area contributed by atoms with E-state index in [-0.39, 0.29) is 12.4 Å². The Bertz CT molecular complexity index is 390. The average molecular weight is 321 g/mol. The molecule has 2 heterocycles. The third-order valence-electron chi connectivity index (χ3n) is 3.69. The van der Waals surface area contributed by atoms with Gasteiger partial charge in [-0.3, -0.25) is 9.80 Å². The predicted octanol–water partition coefficient (Wildman–Crippen LogP) is 1.69. The summed E-state index contributed by atoms with van der Waals surface area (Å²) in [5.41, 5.74) is 5.68. The highest BCUT2D eigenvalue weighted by molar-refractivity contribution is 7.15. The van der Waals surface area contributed by atoms with Crippen molar-refractivity contribution < 1.29 is 4.74 Å². The average Bonchev–Trinajstić information content (AvgIpc) is 2.82. The first-order valence-electron chi connectivity index (χ1n) is 6.88. The molecule has 0 aliphatic carbocycles. The first kappa shape index (κ1) is 17.7. The van der Waals surface area contributed by atoms with Crippen LogP contribution in [0.5, 0.6) is 0 Å². The van der Waals surface area contributed by atoms with Crippen molar-refractivity contribution in [2.45, 2.75) is 25.9 Å². The van der Waals surface area contributed by atoms with Gasteiger partial charge < -0.3 is 10.5 Å². The topological polar surface area (TPSA) is 54.6 Å². The van der Waals surface area contributed by atoms with E-state index < -0.39 is 0 Å². The Hall–Kier alpha value is -0.400. The minimum absolute atomic E-state index is 0. The van der Waals surface area contributed by atoms with E-state index in [0.29, 0.717) is 11.2 Å². The zero-order valence-corrected chi connectivity index (χ0v) is 13.9. The Morgan fingerprint density at radius 3 is 2.90 bits per heavy atom. The summed E-state index contributed by atoms with van der Waals surface area (Å²) in [6, 6.07) is 0.633. The molecule has 2 N–H and O–H groups in total. The molecule has 1 aromatic heterocycles. The molecule has 0 radical (unpaired) electrons. The zero-order valence-electron chi connectivity index (χ0n) is 12.2. The molecule has 7 heteroatoms. The minimum Gasteiger partial charge on any atom is -0.383 e. The summed E-state index contributed by atoms with van der Waals surface area (Å²) in [6.07, 6.45) is 3.09. The van der Waals surface area contributed by atoms with Crippen LogP contribution in [0.15, 0.2) is 6.20 Å². The first-order valence-corrected chi connectivity index (χ1v) is 7.70. The summed E-state index contributed by atoms with van der Waals surface area (Å²) in [6.45, 7) is 8.45. The lowest BCUT2D eigenvalue weighted by Gasteiger charge is -2.41. The van der Waals surface area contributed by atoms with E-state index in [1.54, 1.807) is 18.4 Å². The number of halogens is 1. The number of nitrogens with zero attached hydrogens (tertiary/aromatic N) is 3. The van der Waals surface area contributed by atoms with Gasteiger partial charge >= 0.3 is 0 Å². The van der Waals surface area contributed by atoms with E-state index in [2.05, 4.69) is 21.7 Å². The molecule has 1 aliphatic rings. The quantitative estimate of drug-likeness (QED) is 0.864. The molecule has 0 aromatic carbocycles. The highest BCUT2D eigenvalue weighted by atomic mass is 35.5. The number of aromatic nitrogens is 1. The molecule has 116 valence electrons. The number of piperazine rings is 1. The van der Waals surface area contributed by atoms with Gasteiger partial charge in [0.15, 0.2) is 5.13 Å². The number of methoxy groups -OCH3 is 1. The van der Waals surface area contributed by atoms with E-state index in [1.165, 1.54) is 11.3 Å². The SMILES string of the molecule is CCC1CN(Cc2cnc(N)s2)CCN1CCOC.Cl. The van der Waals surface area contributed by atoms with Crippen LogP contribution in [0, 0.1) is 0 Å². The van der Waals surface area contributed by atoms with Crippen LogP contribution in [0.4, 0.5) is 5.13 Å². The molecule has 20 heavy (non-hydrogen) atoms. The smallest absolute Gasteiger partial charge is 0.180 e. The van der Waals surface area contributed by atoms with Crippen molar-refractivity contribution in [3.63, 3.8) is 0 Å². The van der Waals surface area contributed by atoms with E-state index in [4.69, 9.17) is 10.5 Å². The molecule has 1 saturated heterocycles. The Labute approximate surface area is 131 Å². The largest absolute Gasteiger partial charge is 0.383 e. The Morgan fingerprint density at radius 2 is 2.30 bits per heavy atom. The van der Waals surface area contributed by atoms with Gasteiger partial charge in [-0.25, -0.2) is 4.98 Å². The van der Waals surface area contributed by atoms with Crippen molar-refractivity contribution in [3.05, 3.63) is 11.1 Å². The fourth-order valence-corrected chi connectivity index (χ4v) is 3.33. The highest BCUT2D eigenvalue weighted by Gasteiger charge is 2.25. The van der Waals surface area contributed by atoms with E-state index in [0.717, 1.165) is 39.3 Å². The molecule has 1 aliphatic heterocycles. The molecule has 5 nitrogen and oxygen atoms in total. The molecule has 0 spiro atoms. The maximum Gasteiger partial charge on any atom is 0.180 e. The number of rotatable bonds is 6. The van der Waals surface area contributed by atoms with Crippen LogP contribution in [0.3, 0.4) is 0 Å². The van der Waals surface area contributed by atoms with Crippen LogP contribution in [0.2, 0.25) is 0 Å². The molecule has 0 saturated carbocycles. The Kier molecular flexibility index (Phi) is 7.76. The van der Waals surface area contributed by atoms with E-state index >= 15 is 0 Å². The second-order valence-electron chi connectivity index (χ2n) is 4.99. The van der Waals surface area contributed by atoms with Crippen LogP contribution in [0.1, 0.15) is 18.2 Å². The predicted molar refractivity (Wildman–Crippen MR) is 86.6 cm³/mol. The van der Waals surface area contributed by atoms with Crippen LogP contribution in [-0.4, -0.2) is 60.7 Å². The molecule has 1 aromatic rings. The standard InChI is InChI=1S/C13H24N4OS.ClH/c1-3-11-9-16(4-5-17(11)6-7-18-2)10-12-8-15-13(14)19-12;/h8,11H,3-7,9-10H2,1-2H3,(H2,14,15);1H. The van der Waals surface area contributed by atoms with Crippen LogP contribution >= 0.6 is 23.7 Å². The number of hydrogen-bond acceptors (Lipinski definition) is 6. The van der Waals surface area contributed by atoms with Crippen molar-refractivity contribution >= 4 is 28.9 Å². The van der Waals surface area contributed by atoms with Gasteiger partial charge in [0.05, 0.1) is 6.61 Å². The van der Waals surface area contributed by atoms with Crippen molar-refractivity contribution in [1.82, 2.24) is 14.8 Å². The van der Waals surface area contributed by atoms with Gasteiger partial charge in [-0.1, -0.05) is 6.92 Å². The third kappa shape index (κ3) is 4.86. The number of nitrogen functional groups attached to an aromatic ring is 1. The fraction of sp³-hybridized carbons (Fsp3) is 0.769. The Morgan fingerprint density at radius 1 is 1.50 bits per heavy atom. The molecule has 0 bridgehead atoms. The van der Waals surface area contributed by atoms with Gasteiger partial charge in [0, 0.05) is 56.9 Å². The first-order chi connectivity index (χ1) is 9.22. The maximum absolute atomic E-state index is 5.68. The van der Waals surface area contributed by atoms with Crippen LogP contribution in [-0.2, 0) is 11.3 Å². The van der Waals surface area contributed by atoms with Gasteiger partial charge in [0.1, 0.15) is 0 Å². The number of hydrogen-bond donors (Lipinski definition) is 1. The number of nitrogens with two attached hydrogens (primary N) is 1. The minimum atomic E-state index is 0. The lowest BCUT2D eigenvalue weighted by Crippen LogP contribution is -2.53. The lowest BCUT2D eigenvalue weighted by molar-refractivity contribution is 0.0469. The maximum atomic E-state index is 5.68. The van der Waals surface area contributed by atoms with Crippen molar-refractivity contribution in [2.75, 3.05) is 45.6 Å². The second kappa shape index (κ2) is 8.79. The number of anilines is 1. The molecular weight excluding hydrogens is 296 g/mol. The summed E-state index contributed by atoms with van der Waals surface area (Å²) in [5.74, 6) is 0. The van der Waals surface area contributed by atoms with E-state index in [1.807, 2.05) is 6.20 Å². The monoisotopic (exact) mass is 320 g/mol. The van der Waals surface area contributed by atoms with Crippen molar-refractivity contribution in [1.29, 1.82) is 0 Å². The Balaban J connectivity index is 0.00000200. The van der Waals surface area contributed by atoms with Crippen LogP contribution in [0.25, 0.3) is 0 Å². The van der Waals surface area contributed by atoms with E-state index in [9.17, 15) is 0 Å². The van der Waals surface area contributed by atoms with Gasteiger partial charge in [-0.05, 0) is 6.42 Å². The summed E-state index contributed by atoms with van der Waals surface area (Å²) >= 11 is 1.60. The van der Waals surface area contributed by atoms with Gasteiger partial charge in [0.2, 0.25) is 0 Å². The van der Waals surface area contributed by atoms with Crippen molar-refractivity contribution in [2.24, 2.45) is 0 Å². The summed E-state index contributed by atoms with van der Waals surface area (Å²) in [5, 5.41) is 0.667. The highest BCUT2D eigenvalue weighted by Crippen LogP contribution is 2.19. The van der Waals surface area contributed by atoms with Gasteiger partial charge in [0.25, 0.3) is 0 Å². The summed E-state index contributed by atoms with van der Waals surface area (Å²) < 4.78 is 5.19. The summed E-state index contributed by atoms with van der Waals surface area (Å²) in [7, 11) is 1.77. The fourth-order valence-electron chi connectivity index (χ4n) is 2.61. The molecule has 0 amide bonds. The lowest BCUT2D eigenvalue weighted by atomic mass is 10.1. The molecule has 2 rings (SSSR count). The normalized spacial score (nSPS) is 20.8. The summed E-state index contributed by atoms with van der Waals surface area (Å²) in [4.78, 5) is 10.4. The zero-order chi connectivity index (χ0) is 13.7. The molecule has 1 fully saturated rings.